The minimum Gasteiger partial charge on any atom is -0.329 e. The Kier molecular flexibility index (Phi) is 4.87. The van der Waals surface area contributed by atoms with E-state index in [0.29, 0.717) is 11.6 Å². The maximum atomic E-state index is 12.7. The second kappa shape index (κ2) is 7.29. The van der Waals surface area contributed by atoms with E-state index in [2.05, 4.69) is 38.5 Å². The lowest BCUT2D eigenvalue weighted by Crippen LogP contribution is -2.32. The van der Waals surface area contributed by atoms with E-state index in [-0.39, 0.29) is 5.56 Å². The fourth-order valence-corrected chi connectivity index (χ4v) is 4.36. The number of likely N-dealkylation sites (tertiary alicyclic amines) is 1. The number of H-pyrrole nitrogens is 1. The van der Waals surface area contributed by atoms with Gasteiger partial charge in [-0.2, -0.15) is 0 Å². The molecule has 0 radical (unpaired) electrons. The molecule has 136 valence electrons. The maximum absolute atomic E-state index is 12.7. The molecule has 2 aromatic heterocycles. The van der Waals surface area contributed by atoms with Crippen LogP contribution < -0.4 is 5.56 Å². The summed E-state index contributed by atoms with van der Waals surface area (Å²) in [5.41, 5.74) is 1.43. The summed E-state index contributed by atoms with van der Waals surface area (Å²) in [6.45, 7) is 5.33. The van der Waals surface area contributed by atoms with Gasteiger partial charge in [0.15, 0.2) is 0 Å². The molecule has 1 aliphatic rings. The van der Waals surface area contributed by atoms with Crippen molar-refractivity contribution in [1.29, 1.82) is 0 Å². The van der Waals surface area contributed by atoms with Crippen LogP contribution in [-0.2, 0) is 6.54 Å². The average Bonchev–Trinajstić information content (AvgIpc) is 3.30. The minimum atomic E-state index is -0.0815. The third-order valence-electron chi connectivity index (χ3n) is 5.32. The molecule has 26 heavy (non-hydrogen) atoms. The van der Waals surface area contributed by atoms with Gasteiger partial charge in [-0.1, -0.05) is 13.0 Å². The number of nitrogens with one attached hydrogen (secondary N) is 1. The van der Waals surface area contributed by atoms with Gasteiger partial charge in [0.2, 0.25) is 0 Å². The molecule has 1 atom stereocenters. The number of hydrogen-bond donors (Lipinski definition) is 1. The molecule has 1 saturated heterocycles. The van der Waals surface area contributed by atoms with Crippen LogP contribution in [0.5, 0.6) is 0 Å². The summed E-state index contributed by atoms with van der Waals surface area (Å²) >= 11 is 1.67. The summed E-state index contributed by atoms with van der Waals surface area (Å²) in [5.74, 6) is 0.755. The van der Waals surface area contributed by atoms with Gasteiger partial charge in [0.1, 0.15) is 5.82 Å². The molecule has 0 saturated carbocycles. The Labute approximate surface area is 157 Å². The smallest absolute Gasteiger partial charge is 0.259 e. The van der Waals surface area contributed by atoms with Gasteiger partial charge in [0, 0.05) is 35.4 Å². The van der Waals surface area contributed by atoms with E-state index in [4.69, 9.17) is 0 Å². The first kappa shape index (κ1) is 17.4. The zero-order chi connectivity index (χ0) is 18.1. The van der Waals surface area contributed by atoms with E-state index in [1.807, 2.05) is 24.6 Å². The van der Waals surface area contributed by atoms with Crippen LogP contribution in [0.2, 0.25) is 0 Å². The van der Waals surface area contributed by atoms with Crippen molar-refractivity contribution >= 4 is 22.7 Å². The van der Waals surface area contributed by atoms with Crippen molar-refractivity contribution < 1.29 is 0 Å². The number of imidazole rings is 1. The first-order chi connectivity index (χ1) is 12.7. The Bertz CT molecular complexity index is 977. The molecular formula is C20H24N4OS. The van der Waals surface area contributed by atoms with Crippen molar-refractivity contribution in [2.45, 2.75) is 37.2 Å². The number of aromatic nitrogens is 3. The Hall–Kier alpha value is -2.05. The molecule has 6 heteroatoms. The zero-order valence-electron chi connectivity index (χ0n) is 15.2. The molecule has 1 aliphatic heterocycles. The first-order valence-corrected chi connectivity index (χ1v) is 10.4. The van der Waals surface area contributed by atoms with Gasteiger partial charge in [-0.3, -0.25) is 9.69 Å². The summed E-state index contributed by atoms with van der Waals surface area (Å²) in [6, 6.07) is 8.65. The number of rotatable bonds is 5. The van der Waals surface area contributed by atoms with Crippen LogP contribution >= 0.6 is 11.8 Å². The van der Waals surface area contributed by atoms with Crippen LogP contribution in [0, 0.1) is 0 Å². The number of likely N-dealkylation sites (N-methyl/N-ethyl adjacent to an activating group) is 1. The van der Waals surface area contributed by atoms with Crippen LogP contribution in [0.4, 0.5) is 0 Å². The van der Waals surface area contributed by atoms with Crippen LogP contribution in [0.1, 0.15) is 19.8 Å². The molecule has 1 aromatic carbocycles. The fourth-order valence-electron chi connectivity index (χ4n) is 3.92. The van der Waals surface area contributed by atoms with Crippen LogP contribution in [0.3, 0.4) is 0 Å². The van der Waals surface area contributed by atoms with Crippen LogP contribution in [0.15, 0.2) is 46.3 Å². The largest absolute Gasteiger partial charge is 0.329 e. The van der Waals surface area contributed by atoms with E-state index in [9.17, 15) is 4.79 Å². The van der Waals surface area contributed by atoms with Crippen molar-refractivity contribution in [3.63, 3.8) is 0 Å². The molecule has 0 amide bonds. The summed E-state index contributed by atoms with van der Waals surface area (Å²) in [4.78, 5) is 23.9. The van der Waals surface area contributed by atoms with E-state index < -0.39 is 0 Å². The third-order valence-corrected chi connectivity index (χ3v) is 6.05. The topological polar surface area (TPSA) is 53.9 Å². The first-order valence-electron chi connectivity index (χ1n) is 9.16. The number of hydrogen-bond acceptors (Lipinski definition) is 4. The Morgan fingerprint density at radius 3 is 3.04 bits per heavy atom. The van der Waals surface area contributed by atoms with Crippen molar-refractivity contribution in [3.8, 4) is 11.4 Å². The van der Waals surface area contributed by atoms with E-state index >= 15 is 0 Å². The van der Waals surface area contributed by atoms with Gasteiger partial charge in [0.05, 0.1) is 5.56 Å². The highest BCUT2D eigenvalue weighted by Crippen LogP contribution is 2.24. The van der Waals surface area contributed by atoms with Crippen LogP contribution in [0.25, 0.3) is 22.3 Å². The normalized spacial score (nSPS) is 18.0. The summed E-state index contributed by atoms with van der Waals surface area (Å²) < 4.78 is 2.13. The highest BCUT2D eigenvalue weighted by molar-refractivity contribution is 7.98. The number of fused-ring (bicyclic) bond motifs is 1. The monoisotopic (exact) mass is 368 g/mol. The van der Waals surface area contributed by atoms with Gasteiger partial charge in [-0.05, 0) is 55.8 Å². The highest BCUT2D eigenvalue weighted by Gasteiger charge is 2.24. The lowest BCUT2D eigenvalue weighted by Gasteiger charge is -2.23. The molecule has 0 bridgehead atoms. The number of aromatic amines is 1. The Morgan fingerprint density at radius 1 is 1.35 bits per heavy atom. The number of nitrogens with zero attached hydrogens (tertiary/aromatic N) is 3. The van der Waals surface area contributed by atoms with Crippen molar-refractivity contribution in [1.82, 2.24) is 19.4 Å². The quantitative estimate of drug-likeness (QED) is 0.699. The van der Waals surface area contributed by atoms with Crippen LogP contribution in [-0.4, -0.2) is 44.8 Å². The van der Waals surface area contributed by atoms with Crippen molar-refractivity contribution in [2.75, 3.05) is 19.3 Å². The molecule has 0 spiro atoms. The second-order valence-corrected chi connectivity index (χ2v) is 7.67. The fraction of sp³-hybridized carbons (Fsp3) is 0.400. The Morgan fingerprint density at radius 2 is 2.23 bits per heavy atom. The minimum absolute atomic E-state index is 0.0815. The van der Waals surface area contributed by atoms with E-state index in [1.165, 1.54) is 19.4 Å². The average molecular weight is 369 g/mol. The molecule has 3 aromatic rings. The molecule has 5 nitrogen and oxygen atoms in total. The number of thioether (sulfide) groups is 1. The van der Waals surface area contributed by atoms with Gasteiger partial charge in [0.25, 0.3) is 5.56 Å². The van der Waals surface area contributed by atoms with Gasteiger partial charge >= 0.3 is 0 Å². The number of benzene rings is 1. The predicted molar refractivity (Wildman–Crippen MR) is 108 cm³/mol. The summed E-state index contributed by atoms with van der Waals surface area (Å²) in [7, 11) is 0. The lowest BCUT2D eigenvalue weighted by atomic mass is 10.1. The number of pyridine rings is 1. The summed E-state index contributed by atoms with van der Waals surface area (Å²) in [5, 5.41) is 1.03. The molecule has 0 aliphatic carbocycles. The second-order valence-electron chi connectivity index (χ2n) is 6.79. The molecule has 3 heterocycles. The molecule has 1 unspecified atom stereocenters. The highest BCUT2D eigenvalue weighted by atomic mass is 32.2. The molecule has 1 N–H and O–H groups in total. The molecule has 4 rings (SSSR count). The Balaban J connectivity index is 1.71. The SMILES string of the molecule is CCN1CCCC1Cn1ccnc1-c1cc2ccc(SC)cc2[nH]c1=O. The van der Waals surface area contributed by atoms with E-state index in [1.54, 1.807) is 18.0 Å². The molecule has 1 fully saturated rings. The van der Waals surface area contributed by atoms with Gasteiger partial charge < -0.3 is 9.55 Å². The van der Waals surface area contributed by atoms with Gasteiger partial charge in [-0.25, -0.2) is 4.98 Å². The summed E-state index contributed by atoms with van der Waals surface area (Å²) in [6.07, 6.45) is 8.27. The standard InChI is InChI=1S/C20H24N4OS/c1-3-23-9-4-5-15(23)13-24-10-8-21-19(24)17-11-14-6-7-16(26-2)12-18(14)22-20(17)25/h6-8,10-12,15H,3-5,9,13H2,1-2H3,(H,22,25). The maximum Gasteiger partial charge on any atom is 0.259 e. The molecular weight excluding hydrogens is 344 g/mol. The third kappa shape index (κ3) is 3.19. The predicted octanol–water partition coefficient (Wildman–Crippen LogP) is 3.60. The van der Waals surface area contributed by atoms with Gasteiger partial charge in [-0.15, -0.1) is 11.8 Å². The zero-order valence-corrected chi connectivity index (χ0v) is 16.1. The van der Waals surface area contributed by atoms with Crippen molar-refractivity contribution in [3.05, 3.63) is 47.0 Å². The lowest BCUT2D eigenvalue weighted by molar-refractivity contribution is 0.245. The van der Waals surface area contributed by atoms with Crippen molar-refractivity contribution in [2.24, 2.45) is 0 Å². The van der Waals surface area contributed by atoms with E-state index in [0.717, 1.165) is 34.7 Å².